The molecule has 1 N–H and O–H groups in total. The quantitative estimate of drug-likeness (QED) is 0.816. The van der Waals surface area contributed by atoms with Crippen LogP contribution in [0.3, 0.4) is 0 Å². The highest BCUT2D eigenvalue weighted by Gasteiger charge is 2.20. The van der Waals surface area contributed by atoms with Gasteiger partial charge in [0, 0.05) is 37.8 Å². The van der Waals surface area contributed by atoms with Crippen molar-refractivity contribution in [2.45, 2.75) is 26.3 Å². The van der Waals surface area contributed by atoms with Gasteiger partial charge in [0.15, 0.2) is 0 Å². The smallest absolute Gasteiger partial charge is 0.228 e. The van der Waals surface area contributed by atoms with Crippen LogP contribution in [0.2, 0.25) is 0 Å². The van der Waals surface area contributed by atoms with E-state index in [0.717, 1.165) is 30.9 Å². The molecule has 4 heteroatoms. The zero-order valence-corrected chi connectivity index (χ0v) is 9.57. The number of nitrogens with one attached hydrogen (secondary N) is 1. The van der Waals surface area contributed by atoms with E-state index in [1.54, 1.807) is 11.1 Å². The zero-order chi connectivity index (χ0) is 11.4. The molecule has 1 amide bonds. The van der Waals surface area contributed by atoms with Gasteiger partial charge in [-0.15, -0.1) is 0 Å². The van der Waals surface area contributed by atoms with E-state index in [4.69, 9.17) is 0 Å². The monoisotopic (exact) mass is 219 g/mol. The average Bonchev–Trinajstić information content (AvgIpc) is 2.51. The first-order valence-corrected chi connectivity index (χ1v) is 5.78. The van der Waals surface area contributed by atoms with Crippen LogP contribution in [0.15, 0.2) is 18.3 Å². The van der Waals surface area contributed by atoms with Crippen LogP contribution in [0.4, 0.5) is 5.82 Å². The Kier molecular flexibility index (Phi) is 3.51. The molecule has 0 fully saturated rings. The highest BCUT2D eigenvalue weighted by molar-refractivity contribution is 5.93. The lowest BCUT2D eigenvalue weighted by Gasteiger charge is -2.20. The number of aromatic nitrogens is 1. The minimum absolute atomic E-state index is 0.172. The normalized spacial score (nSPS) is 15.4. The van der Waals surface area contributed by atoms with E-state index in [1.807, 2.05) is 19.1 Å². The number of anilines is 1. The molecule has 0 spiro atoms. The number of amides is 1. The number of pyridine rings is 1. The third-order valence-corrected chi connectivity index (χ3v) is 2.72. The lowest BCUT2D eigenvalue weighted by atomic mass is 10.2. The van der Waals surface area contributed by atoms with Gasteiger partial charge in [-0.05, 0) is 12.5 Å². The summed E-state index contributed by atoms with van der Waals surface area (Å²) < 4.78 is 0. The Bertz CT molecular complexity index is 378. The van der Waals surface area contributed by atoms with Gasteiger partial charge in [0.2, 0.25) is 5.91 Å². The number of fused-ring (bicyclic) bond motifs is 1. The molecule has 0 atom stereocenters. The summed E-state index contributed by atoms with van der Waals surface area (Å²) in [6.45, 7) is 4.35. The second-order valence-electron chi connectivity index (χ2n) is 3.96. The maximum Gasteiger partial charge on any atom is 0.228 e. The standard InChI is InChI=1S/C12H17N3O/c1-2-4-11(16)15-8-7-13-9-10-5-3-6-14-12(10)15/h3,5-6,13H,2,4,7-9H2,1H3. The van der Waals surface area contributed by atoms with Crippen LogP contribution < -0.4 is 10.2 Å². The van der Waals surface area contributed by atoms with Gasteiger partial charge >= 0.3 is 0 Å². The highest BCUT2D eigenvalue weighted by atomic mass is 16.2. The summed E-state index contributed by atoms with van der Waals surface area (Å²) >= 11 is 0. The molecule has 0 radical (unpaired) electrons. The molecule has 0 unspecified atom stereocenters. The van der Waals surface area contributed by atoms with Crippen LogP contribution in [0.1, 0.15) is 25.3 Å². The van der Waals surface area contributed by atoms with Crippen LogP contribution in [0.25, 0.3) is 0 Å². The van der Waals surface area contributed by atoms with E-state index < -0.39 is 0 Å². The zero-order valence-electron chi connectivity index (χ0n) is 9.57. The molecular weight excluding hydrogens is 202 g/mol. The SMILES string of the molecule is CCCC(=O)N1CCNCc2cccnc21. The molecule has 0 aromatic carbocycles. The van der Waals surface area contributed by atoms with Gasteiger partial charge in [0.05, 0.1) is 0 Å². The lowest BCUT2D eigenvalue weighted by Crippen LogP contribution is -2.35. The van der Waals surface area contributed by atoms with Crippen LogP contribution in [0.5, 0.6) is 0 Å². The van der Waals surface area contributed by atoms with E-state index in [2.05, 4.69) is 10.3 Å². The molecule has 16 heavy (non-hydrogen) atoms. The fourth-order valence-electron chi connectivity index (χ4n) is 1.92. The third kappa shape index (κ3) is 2.22. The molecule has 1 aliphatic rings. The van der Waals surface area contributed by atoms with Crippen molar-refractivity contribution in [3.63, 3.8) is 0 Å². The highest BCUT2D eigenvalue weighted by Crippen LogP contribution is 2.19. The largest absolute Gasteiger partial charge is 0.311 e. The molecule has 0 bridgehead atoms. The van der Waals surface area contributed by atoms with Gasteiger partial charge < -0.3 is 5.32 Å². The Labute approximate surface area is 95.7 Å². The average molecular weight is 219 g/mol. The Balaban J connectivity index is 2.28. The second kappa shape index (κ2) is 5.07. The fraction of sp³-hybridized carbons (Fsp3) is 0.500. The van der Waals surface area contributed by atoms with Crippen LogP contribution in [-0.2, 0) is 11.3 Å². The summed E-state index contributed by atoms with van der Waals surface area (Å²) in [5, 5.41) is 3.30. The Morgan fingerprint density at radius 3 is 3.31 bits per heavy atom. The van der Waals surface area contributed by atoms with Crippen LogP contribution >= 0.6 is 0 Å². The van der Waals surface area contributed by atoms with E-state index in [-0.39, 0.29) is 5.91 Å². The first-order valence-electron chi connectivity index (χ1n) is 5.78. The summed E-state index contributed by atoms with van der Waals surface area (Å²) in [4.78, 5) is 18.1. The molecule has 2 heterocycles. The van der Waals surface area contributed by atoms with E-state index >= 15 is 0 Å². The topological polar surface area (TPSA) is 45.2 Å². The minimum atomic E-state index is 0.172. The molecule has 1 aromatic rings. The van der Waals surface area contributed by atoms with Gasteiger partial charge in [-0.25, -0.2) is 4.98 Å². The molecule has 0 aliphatic carbocycles. The predicted octanol–water partition coefficient (Wildman–Crippen LogP) is 1.32. The molecular formula is C12H17N3O. The van der Waals surface area contributed by atoms with Gasteiger partial charge in [0.25, 0.3) is 0 Å². The molecule has 1 aromatic heterocycles. The van der Waals surface area contributed by atoms with E-state index in [1.165, 1.54) is 0 Å². The van der Waals surface area contributed by atoms with Gasteiger partial charge in [0.1, 0.15) is 5.82 Å². The number of hydrogen-bond donors (Lipinski definition) is 1. The van der Waals surface area contributed by atoms with Crippen molar-refractivity contribution in [2.24, 2.45) is 0 Å². The summed E-state index contributed by atoms with van der Waals surface area (Å²) in [5.41, 5.74) is 1.10. The van der Waals surface area contributed by atoms with Crippen molar-refractivity contribution in [3.05, 3.63) is 23.9 Å². The van der Waals surface area contributed by atoms with Crippen LogP contribution in [0, 0.1) is 0 Å². The maximum absolute atomic E-state index is 12.0. The predicted molar refractivity (Wildman–Crippen MR) is 63.2 cm³/mol. The molecule has 4 nitrogen and oxygen atoms in total. The van der Waals surface area contributed by atoms with E-state index in [9.17, 15) is 4.79 Å². The molecule has 2 rings (SSSR count). The molecule has 86 valence electrons. The molecule has 0 saturated heterocycles. The summed E-state index contributed by atoms with van der Waals surface area (Å²) in [6, 6.07) is 3.93. The number of carbonyl (C=O) groups excluding carboxylic acids is 1. The van der Waals surface area contributed by atoms with Crippen molar-refractivity contribution in [2.75, 3.05) is 18.0 Å². The molecule has 1 aliphatic heterocycles. The van der Waals surface area contributed by atoms with Gasteiger partial charge in [-0.2, -0.15) is 0 Å². The Morgan fingerprint density at radius 1 is 1.62 bits per heavy atom. The number of rotatable bonds is 2. The summed E-state index contributed by atoms with van der Waals surface area (Å²) in [6.07, 6.45) is 3.22. The molecule has 0 saturated carbocycles. The van der Waals surface area contributed by atoms with Gasteiger partial charge in [-0.1, -0.05) is 13.0 Å². The Hall–Kier alpha value is -1.42. The minimum Gasteiger partial charge on any atom is -0.311 e. The van der Waals surface area contributed by atoms with Gasteiger partial charge in [-0.3, -0.25) is 9.69 Å². The number of nitrogens with zero attached hydrogens (tertiary/aromatic N) is 2. The van der Waals surface area contributed by atoms with Crippen molar-refractivity contribution >= 4 is 11.7 Å². The maximum atomic E-state index is 12.0. The first kappa shape index (κ1) is 11.1. The van der Waals surface area contributed by atoms with Crippen molar-refractivity contribution < 1.29 is 4.79 Å². The lowest BCUT2D eigenvalue weighted by molar-refractivity contribution is -0.118. The van der Waals surface area contributed by atoms with E-state index in [0.29, 0.717) is 13.0 Å². The Morgan fingerprint density at radius 2 is 2.50 bits per heavy atom. The fourth-order valence-corrected chi connectivity index (χ4v) is 1.92. The third-order valence-electron chi connectivity index (χ3n) is 2.72. The van der Waals surface area contributed by atoms with Crippen LogP contribution in [-0.4, -0.2) is 24.0 Å². The first-order chi connectivity index (χ1) is 7.83. The number of hydrogen-bond acceptors (Lipinski definition) is 3. The van der Waals surface area contributed by atoms with Crippen molar-refractivity contribution in [1.82, 2.24) is 10.3 Å². The van der Waals surface area contributed by atoms with Crippen molar-refractivity contribution in [3.8, 4) is 0 Å². The van der Waals surface area contributed by atoms with Crippen molar-refractivity contribution in [1.29, 1.82) is 0 Å². The summed E-state index contributed by atoms with van der Waals surface area (Å²) in [5.74, 6) is 0.997. The number of carbonyl (C=O) groups is 1. The summed E-state index contributed by atoms with van der Waals surface area (Å²) in [7, 11) is 0. The second-order valence-corrected chi connectivity index (χ2v) is 3.96.